The third-order valence-electron chi connectivity index (χ3n) is 1.83. The van der Waals surface area contributed by atoms with Crippen LogP contribution in [-0.4, -0.2) is 0 Å². The first-order valence-electron chi connectivity index (χ1n) is 4.33. The van der Waals surface area contributed by atoms with E-state index in [2.05, 4.69) is 54.5 Å². The van der Waals surface area contributed by atoms with Crippen molar-refractivity contribution in [2.75, 3.05) is 0 Å². The van der Waals surface area contributed by atoms with E-state index in [0.29, 0.717) is 10.8 Å². The molecule has 0 aromatic heterocycles. The quantitative estimate of drug-likeness (QED) is 0.462. The van der Waals surface area contributed by atoms with E-state index < -0.39 is 0 Å². The predicted octanol–water partition coefficient (Wildman–Crippen LogP) is 4.02. The average molecular weight is 154 g/mol. The van der Waals surface area contributed by atoms with E-state index in [-0.39, 0.29) is 0 Å². The second-order valence-electron chi connectivity index (χ2n) is 5.44. The van der Waals surface area contributed by atoms with Gasteiger partial charge in [0.1, 0.15) is 0 Å². The Morgan fingerprint density at radius 2 is 1.27 bits per heavy atom. The molecule has 0 atom stereocenters. The molecule has 0 N–H and O–H groups in total. The van der Waals surface area contributed by atoms with Gasteiger partial charge in [-0.2, -0.15) is 0 Å². The zero-order valence-corrected chi connectivity index (χ0v) is 9.08. The molecule has 66 valence electrons. The highest BCUT2D eigenvalue weighted by Crippen LogP contribution is 2.29. The van der Waals surface area contributed by atoms with E-state index >= 15 is 0 Å². The second-order valence-corrected chi connectivity index (χ2v) is 5.44. The number of allylic oxidation sites excluding steroid dienone is 2. The van der Waals surface area contributed by atoms with Crippen molar-refractivity contribution >= 4 is 0 Å². The number of hydrogen-bond acceptors (Lipinski definition) is 0. The molecule has 11 heavy (non-hydrogen) atoms. The fraction of sp³-hybridized carbons (Fsp3) is 0.818. The first-order valence-corrected chi connectivity index (χ1v) is 4.33. The maximum atomic E-state index is 2.35. The Balaban J connectivity index is 4.49. The summed E-state index contributed by atoms with van der Waals surface area (Å²) in [5, 5.41) is 0. The van der Waals surface area contributed by atoms with Crippen LogP contribution in [-0.2, 0) is 0 Å². The molecule has 0 spiro atoms. The molecule has 0 saturated heterocycles. The van der Waals surface area contributed by atoms with Gasteiger partial charge in [0.05, 0.1) is 0 Å². The molecule has 0 radical (unpaired) electrons. The van der Waals surface area contributed by atoms with E-state index in [1.54, 1.807) is 0 Å². The molecule has 0 rings (SSSR count). The molecule has 0 aliphatic carbocycles. The van der Waals surface area contributed by atoms with E-state index in [1.807, 2.05) is 0 Å². The molecule has 0 aromatic rings. The van der Waals surface area contributed by atoms with Gasteiger partial charge in [0.15, 0.2) is 0 Å². The molecule has 0 aromatic carbocycles. The van der Waals surface area contributed by atoms with Crippen LogP contribution in [0.5, 0.6) is 0 Å². The van der Waals surface area contributed by atoms with Crippen LogP contribution in [0, 0.1) is 10.8 Å². The fourth-order valence-electron chi connectivity index (χ4n) is 0.866. The maximum Gasteiger partial charge on any atom is -0.0176 e. The molecule has 0 unspecified atom stereocenters. The van der Waals surface area contributed by atoms with E-state index in [0.717, 1.165) is 0 Å². The zero-order chi connectivity index (χ0) is 9.28. The molecular weight excluding hydrogens is 132 g/mol. The third kappa shape index (κ3) is 5.06. The summed E-state index contributed by atoms with van der Waals surface area (Å²) in [6, 6.07) is 0. The van der Waals surface area contributed by atoms with Crippen LogP contribution in [0.4, 0.5) is 0 Å². The Hall–Kier alpha value is -0.260. The minimum absolute atomic E-state index is 0.317. The first kappa shape index (κ1) is 10.7. The summed E-state index contributed by atoms with van der Waals surface area (Å²) in [5.41, 5.74) is 2.12. The van der Waals surface area contributed by atoms with Crippen molar-refractivity contribution in [3.05, 3.63) is 11.6 Å². The normalized spacial score (nSPS) is 15.4. The van der Waals surface area contributed by atoms with Gasteiger partial charge in [0.25, 0.3) is 0 Å². The number of hydrogen-bond donors (Lipinski definition) is 0. The van der Waals surface area contributed by atoms with Crippen LogP contribution >= 0.6 is 0 Å². The van der Waals surface area contributed by atoms with E-state index in [1.165, 1.54) is 5.57 Å². The van der Waals surface area contributed by atoms with Crippen molar-refractivity contribution in [3.8, 4) is 0 Å². The smallest absolute Gasteiger partial charge is 0.0176 e. The molecule has 0 saturated carbocycles. The van der Waals surface area contributed by atoms with E-state index in [9.17, 15) is 0 Å². The Morgan fingerprint density at radius 3 is 1.36 bits per heavy atom. The van der Waals surface area contributed by atoms with Crippen molar-refractivity contribution in [3.63, 3.8) is 0 Å². The Bertz CT molecular complexity index is 148. The monoisotopic (exact) mass is 154 g/mol. The summed E-state index contributed by atoms with van der Waals surface area (Å²) < 4.78 is 0. The van der Waals surface area contributed by atoms with Crippen LogP contribution in [0.2, 0.25) is 0 Å². The Kier molecular flexibility index (Phi) is 2.93. The van der Waals surface area contributed by atoms with Crippen LogP contribution < -0.4 is 0 Å². The largest absolute Gasteiger partial charge is 0.0797 e. The third-order valence-corrected chi connectivity index (χ3v) is 1.83. The Labute approximate surface area is 71.7 Å². The minimum atomic E-state index is 0.317. The molecule has 0 aliphatic rings. The van der Waals surface area contributed by atoms with Gasteiger partial charge in [0.2, 0.25) is 0 Å². The van der Waals surface area contributed by atoms with Crippen molar-refractivity contribution in [1.82, 2.24) is 0 Å². The molecule has 0 amide bonds. The molecule has 0 aliphatic heterocycles. The summed E-state index contributed by atoms with van der Waals surface area (Å²) in [6.45, 7) is 15.7. The molecule has 0 fully saturated rings. The standard InChI is InChI=1S/C11H22/c1-9(11(5,6)7)8-10(2,3)4/h8H,1-7H3/b9-8+. The highest BCUT2D eigenvalue weighted by molar-refractivity contribution is 5.10. The lowest BCUT2D eigenvalue weighted by Gasteiger charge is -2.23. The lowest BCUT2D eigenvalue weighted by molar-refractivity contribution is 0.471. The highest BCUT2D eigenvalue weighted by Gasteiger charge is 2.15. The lowest BCUT2D eigenvalue weighted by atomic mass is 9.82. The van der Waals surface area contributed by atoms with Crippen LogP contribution in [0.1, 0.15) is 48.5 Å². The van der Waals surface area contributed by atoms with Crippen molar-refractivity contribution in [2.45, 2.75) is 48.5 Å². The van der Waals surface area contributed by atoms with Gasteiger partial charge in [0, 0.05) is 0 Å². The second kappa shape index (κ2) is 3.00. The highest BCUT2D eigenvalue weighted by atomic mass is 14.2. The summed E-state index contributed by atoms with van der Waals surface area (Å²) in [6.07, 6.45) is 2.35. The van der Waals surface area contributed by atoms with Gasteiger partial charge < -0.3 is 0 Å². The maximum absolute atomic E-state index is 2.35. The molecular formula is C11H22. The van der Waals surface area contributed by atoms with Crippen LogP contribution in [0.3, 0.4) is 0 Å². The SMILES string of the molecule is C/C(=C\C(C)(C)C)C(C)(C)C. The Morgan fingerprint density at radius 1 is 0.909 bits per heavy atom. The van der Waals surface area contributed by atoms with Gasteiger partial charge in [-0.1, -0.05) is 53.2 Å². The zero-order valence-electron chi connectivity index (χ0n) is 9.08. The van der Waals surface area contributed by atoms with Gasteiger partial charge in [-0.05, 0) is 17.8 Å². The average Bonchev–Trinajstić information content (AvgIpc) is 1.56. The summed E-state index contributed by atoms with van der Waals surface area (Å²) in [5.74, 6) is 0. The molecule has 0 heteroatoms. The van der Waals surface area contributed by atoms with Gasteiger partial charge >= 0.3 is 0 Å². The topological polar surface area (TPSA) is 0 Å². The van der Waals surface area contributed by atoms with Crippen molar-refractivity contribution in [1.29, 1.82) is 0 Å². The molecule has 0 bridgehead atoms. The minimum Gasteiger partial charge on any atom is -0.0797 e. The van der Waals surface area contributed by atoms with Gasteiger partial charge in [-0.15, -0.1) is 0 Å². The molecule has 0 heterocycles. The van der Waals surface area contributed by atoms with Gasteiger partial charge in [-0.3, -0.25) is 0 Å². The number of rotatable bonds is 0. The first-order chi connectivity index (χ1) is 4.63. The fourth-order valence-corrected chi connectivity index (χ4v) is 0.866. The lowest BCUT2D eigenvalue weighted by Crippen LogP contribution is -2.10. The van der Waals surface area contributed by atoms with Crippen molar-refractivity contribution in [2.24, 2.45) is 10.8 Å². The van der Waals surface area contributed by atoms with Crippen molar-refractivity contribution < 1.29 is 0 Å². The predicted molar refractivity (Wildman–Crippen MR) is 52.7 cm³/mol. The van der Waals surface area contributed by atoms with Gasteiger partial charge in [-0.25, -0.2) is 0 Å². The molecule has 0 nitrogen and oxygen atoms in total. The van der Waals surface area contributed by atoms with Crippen LogP contribution in [0.25, 0.3) is 0 Å². The van der Waals surface area contributed by atoms with Crippen LogP contribution in [0.15, 0.2) is 11.6 Å². The summed E-state index contributed by atoms with van der Waals surface area (Å²) >= 11 is 0. The summed E-state index contributed by atoms with van der Waals surface area (Å²) in [4.78, 5) is 0. The summed E-state index contributed by atoms with van der Waals surface area (Å²) in [7, 11) is 0. The van der Waals surface area contributed by atoms with E-state index in [4.69, 9.17) is 0 Å².